The third kappa shape index (κ3) is 5.06. The number of furan rings is 2. The van der Waals surface area contributed by atoms with Crippen molar-refractivity contribution in [2.45, 2.75) is 25.8 Å². The molecule has 1 aliphatic heterocycles. The van der Waals surface area contributed by atoms with Gasteiger partial charge >= 0.3 is 0 Å². The second-order valence-electron chi connectivity index (χ2n) is 13.7. The summed E-state index contributed by atoms with van der Waals surface area (Å²) in [7, 11) is 0. The van der Waals surface area contributed by atoms with Gasteiger partial charge < -0.3 is 8.83 Å². The lowest BCUT2D eigenvalue weighted by Gasteiger charge is -2.25. The molecule has 244 valence electrons. The Morgan fingerprint density at radius 1 is 0.549 bits per heavy atom. The number of para-hydroxylation sites is 3. The molecule has 0 spiro atoms. The van der Waals surface area contributed by atoms with Crippen LogP contribution in [0.5, 0.6) is 0 Å². The Morgan fingerprint density at radius 3 is 2.08 bits per heavy atom. The molecule has 2 aromatic heterocycles. The van der Waals surface area contributed by atoms with Gasteiger partial charge in [-0.1, -0.05) is 128 Å². The van der Waals surface area contributed by atoms with E-state index >= 15 is 0 Å². The largest absolute Gasteiger partial charge is 0.456 e. The van der Waals surface area contributed by atoms with Crippen molar-refractivity contribution in [3.8, 4) is 11.1 Å². The van der Waals surface area contributed by atoms with Gasteiger partial charge in [0.25, 0.3) is 0 Å². The molecule has 3 heterocycles. The van der Waals surface area contributed by atoms with Crippen molar-refractivity contribution >= 4 is 66.2 Å². The van der Waals surface area contributed by atoms with Gasteiger partial charge in [0.2, 0.25) is 0 Å². The molecule has 4 heteroatoms. The minimum absolute atomic E-state index is 0.0823. The standard InChI is InChI=1S/C47H34N2O2/c1-29-20-27-40(37-15-9-19-43-44(37)38-13-5-7-18-42(38)50-43)48-47(39-16-8-14-36-35-12-4-6-17-41(35)51-46(36)39)49-45(29)32-24-21-31(22-25-32)34-26-23-30-10-2-3-11-33(30)28-34/h2-19,21-26,28-29,45H,20,27H2,1H3. The van der Waals surface area contributed by atoms with Gasteiger partial charge in [0.05, 0.1) is 17.3 Å². The highest BCUT2D eigenvalue weighted by molar-refractivity contribution is 6.23. The zero-order valence-corrected chi connectivity index (χ0v) is 28.2. The smallest absolute Gasteiger partial charge is 0.159 e. The Balaban J connectivity index is 1.14. The van der Waals surface area contributed by atoms with E-state index in [4.69, 9.17) is 18.8 Å². The molecule has 0 N–H and O–H groups in total. The van der Waals surface area contributed by atoms with Gasteiger partial charge in [-0.3, -0.25) is 4.99 Å². The first-order valence-corrected chi connectivity index (χ1v) is 17.7. The Morgan fingerprint density at radius 2 is 1.22 bits per heavy atom. The van der Waals surface area contributed by atoms with Crippen LogP contribution in [0, 0.1) is 5.92 Å². The van der Waals surface area contributed by atoms with Crippen LogP contribution in [0.1, 0.15) is 42.5 Å². The topological polar surface area (TPSA) is 51.0 Å². The van der Waals surface area contributed by atoms with Crippen LogP contribution in [0.3, 0.4) is 0 Å². The molecule has 0 radical (unpaired) electrons. The van der Waals surface area contributed by atoms with Crippen LogP contribution in [-0.4, -0.2) is 11.5 Å². The minimum Gasteiger partial charge on any atom is -0.456 e. The minimum atomic E-state index is -0.0823. The average molecular weight is 659 g/mol. The first-order valence-electron chi connectivity index (χ1n) is 17.7. The highest BCUT2D eigenvalue weighted by atomic mass is 16.3. The van der Waals surface area contributed by atoms with E-state index in [1.165, 1.54) is 27.5 Å². The Kier molecular flexibility index (Phi) is 6.95. The predicted octanol–water partition coefficient (Wildman–Crippen LogP) is 12.7. The van der Waals surface area contributed by atoms with E-state index in [9.17, 15) is 0 Å². The highest BCUT2D eigenvalue weighted by Crippen LogP contribution is 2.38. The average Bonchev–Trinajstić information content (AvgIpc) is 3.76. The maximum atomic E-state index is 6.56. The van der Waals surface area contributed by atoms with Gasteiger partial charge in [0.1, 0.15) is 22.3 Å². The summed E-state index contributed by atoms with van der Waals surface area (Å²) in [6, 6.07) is 53.2. The van der Waals surface area contributed by atoms with Gasteiger partial charge in [-0.25, -0.2) is 4.99 Å². The summed E-state index contributed by atoms with van der Waals surface area (Å²) in [5.74, 6) is 0.946. The summed E-state index contributed by atoms with van der Waals surface area (Å²) >= 11 is 0. The van der Waals surface area contributed by atoms with Crippen LogP contribution in [0.4, 0.5) is 0 Å². The fraction of sp³-hybridized carbons (Fsp3) is 0.106. The van der Waals surface area contributed by atoms with E-state index < -0.39 is 0 Å². The van der Waals surface area contributed by atoms with E-state index in [2.05, 4.69) is 128 Å². The fourth-order valence-electron chi connectivity index (χ4n) is 7.90. The van der Waals surface area contributed by atoms with Crippen LogP contribution < -0.4 is 0 Å². The molecule has 0 aliphatic carbocycles. The third-order valence-electron chi connectivity index (χ3n) is 10.6. The molecule has 10 rings (SSSR count). The Hall–Kier alpha value is -6.26. The van der Waals surface area contributed by atoms with Crippen molar-refractivity contribution in [2.75, 3.05) is 0 Å². The van der Waals surface area contributed by atoms with E-state index in [-0.39, 0.29) is 12.0 Å². The molecule has 9 aromatic rings. The monoisotopic (exact) mass is 658 g/mol. The second-order valence-corrected chi connectivity index (χ2v) is 13.7. The van der Waals surface area contributed by atoms with Crippen molar-refractivity contribution in [3.63, 3.8) is 0 Å². The van der Waals surface area contributed by atoms with Gasteiger partial charge in [-0.2, -0.15) is 0 Å². The fourth-order valence-corrected chi connectivity index (χ4v) is 7.90. The van der Waals surface area contributed by atoms with E-state index in [1.807, 2.05) is 30.3 Å². The number of fused-ring (bicyclic) bond motifs is 7. The molecule has 0 saturated heterocycles. The molecule has 2 unspecified atom stereocenters. The maximum Gasteiger partial charge on any atom is 0.159 e. The summed E-state index contributed by atoms with van der Waals surface area (Å²) in [4.78, 5) is 11.1. The van der Waals surface area contributed by atoms with Crippen molar-refractivity contribution in [2.24, 2.45) is 15.9 Å². The number of rotatable bonds is 4. The summed E-state index contributed by atoms with van der Waals surface area (Å²) in [6.45, 7) is 2.32. The maximum absolute atomic E-state index is 6.56. The summed E-state index contributed by atoms with van der Waals surface area (Å²) in [5, 5.41) is 6.85. The van der Waals surface area contributed by atoms with Crippen LogP contribution in [-0.2, 0) is 0 Å². The quantitative estimate of drug-likeness (QED) is 0.189. The molecule has 0 amide bonds. The lowest BCUT2D eigenvalue weighted by atomic mass is 9.87. The number of aliphatic imine (C=N–C) groups is 2. The zero-order valence-electron chi connectivity index (χ0n) is 28.2. The first kappa shape index (κ1) is 29.6. The molecule has 0 bridgehead atoms. The molecule has 2 atom stereocenters. The summed E-state index contributed by atoms with van der Waals surface area (Å²) in [5.41, 5.74) is 10.0. The van der Waals surface area contributed by atoms with Gasteiger partial charge in [-0.05, 0) is 76.6 Å². The van der Waals surface area contributed by atoms with Crippen molar-refractivity contribution in [1.82, 2.24) is 0 Å². The number of benzene rings is 7. The SMILES string of the molecule is CC1CCC(c2cccc3oc4ccccc4c23)=NC(c2cccc3c2oc2ccccc23)=NC1c1ccc(-c2ccc3ccccc3c2)cc1. The molecule has 51 heavy (non-hydrogen) atoms. The predicted molar refractivity (Wildman–Crippen MR) is 211 cm³/mol. The molecule has 0 saturated carbocycles. The summed E-state index contributed by atoms with van der Waals surface area (Å²) < 4.78 is 12.9. The van der Waals surface area contributed by atoms with Gasteiger partial charge in [0.15, 0.2) is 5.84 Å². The van der Waals surface area contributed by atoms with Crippen molar-refractivity contribution in [3.05, 3.63) is 168 Å². The zero-order chi connectivity index (χ0) is 33.9. The molecule has 4 nitrogen and oxygen atoms in total. The van der Waals surface area contributed by atoms with Crippen LogP contribution in [0.2, 0.25) is 0 Å². The van der Waals surface area contributed by atoms with E-state index in [1.54, 1.807) is 0 Å². The van der Waals surface area contributed by atoms with E-state index in [0.717, 1.165) is 73.6 Å². The normalized spacial score (nSPS) is 16.8. The highest BCUT2D eigenvalue weighted by Gasteiger charge is 2.26. The molecule has 7 aromatic carbocycles. The lowest BCUT2D eigenvalue weighted by molar-refractivity contribution is 0.446. The van der Waals surface area contributed by atoms with E-state index in [0.29, 0.717) is 5.84 Å². The number of hydrogen-bond acceptors (Lipinski definition) is 4. The number of amidine groups is 1. The number of nitrogens with zero attached hydrogens (tertiary/aromatic N) is 2. The van der Waals surface area contributed by atoms with Crippen LogP contribution in [0.25, 0.3) is 65.8 Å². The first-order chi connectivity index (χ1) is 25.2. The second kappa shape index (κ2) is 12.0. The molecular formula is C47H34N2O2. The number of hydrogen-bond donors (Lipinski definition) is 0. The molecular weight excluding hydrogens is 625 g/mol. The molecule has 1 aliphatic rings. The van der Waals surface area contributed by atoms with Crippen molar-refractivity contribution in [1.29, 1.82) is 0 Å². The Bertz CT molecular complexity index is 2840. The summed E-state index contributed by atoms with van der Waals surface area (Å²) in [6.07, 6.45) is 1.74. The van der Waals surface area contributed by atoms with Crippen molar-refractivity contribution < 1.29 is 8.83 Å². The van der Waals surface area contributed by atoms with Gasteiger partial charge in [0, 0.05) is 27.1 Å². The molecule has 0 fully saturated rings. The van der Waals surface area contributed by atoms with Crippen LogP contribution in [0.15, 0.2) is 170 Å². The third-order valence-corrected chi connectivity index (χ3v) is 10.6. The van der Waals surface area contributed by atoms with Gasteiger partial charge in [-0.15, -0.1) is 0 Å². The Labute approximate surface area is 295 Å². The lowest BCUT2D eigenvalue weighted by Crippen LogP contribution is -2.18. The van der Waals surface area contributed by atoms with Crippen LogP contribution >= 0.6 is 0 Å².